The molecule has 1 aliphatic rings. The number of pyridine rings is 1. The lowest BCUT2D eigenvalue weighted by atomic mass is 10.0. The predicted molar refractivity (Wildman–Crippen MR) is 102 cm³/mol. The van der Waals surface area contributed by atoms with Crippen molar-refractivity contribution in [3.8, 4) is 22.5 Å². The highest BCUT2D eigenvalue weighted by Gasteiger charge is 2.25. The maximum Gasteiger partial charge on any atom is 0.142 e. The molecule has 0 N–H and O–H groups in total. The van der Waals surface area contributed by atoms with E-state index in [4.69, 9.17) is 11.6 Å². The maximum atomic E-state index is 14.6. The van der Waals surface area contributed by atoms with Gasteiger partial charge in [-0.3, -0.25) is 4.98 Å². The molecule has 134 valence electrons. The SMILES string of the molecule is Fc1cc(-c2nc3n(c2-c2ccc4ncccc4c2)CCC3)c(F)cc1Cl. The third-order valence-corrected chi connectivity index (χ3v) is 5.26. The molecule has 0 spiro atoms. The fourth-order valence-corrected chi connectivity index (χ4v) is 3.88. The summed E-state index contributed by atoms with van der Waals surface area (Å²) in [7, 11) is 0. The largest absolute Gasteiger partial charge is 0.327 e. The van der Waals surface area contributed by atoms with Crippen molar-refractivity contribution in [1.29, 1.82) is 0 Å². The highest BCUT2D eigenvalue weighted by Crippen LogP contribution is 2.38. The van der Waals surface area contributed by atoms with Gasteiger partial charge in [0.25, 0.3) is 0 Å². The van der Waals surface area contributed by atoms with Gasteiger partial charge in [0.05, 0.1) is 21.9 Å². The zero-order chi connectivity index (χ0) is 18.5. The number of rotatable bonds is 2. The summed E-state index contributed by atoms with van der Waals surface area (Å²) in [5, 5.41) is 0.749. The van der Waals surface area contributed by atoms with Gasteiger partial charge in [-0.2, -0.15) is 0 Å². The molecular weight excluding hydrogens is 368 g/mol. The van der Waals surface area contributed by atoms with Gasteiger partial charge >= 0.3 is 0 Å². The van der Waals surface area contributed by atoms with Crippen molar-refractivity contribution in [3.05, 3.63) is 71.1 Å². The van der Waals surface area contributed by atoms with Crippen molar-refractivity contribution in [2.45, 2.75) is 19.4 Å². The molecule has 0 radical (unpaired) electrons. The molecule has 0 amide bonds. The number of halogens is 3. The van der Waals surface area contributed by atoms with Crippen LogP contribution >= 0.6 is 11.6 Å². The lowest BCUT2D eigenvalue weighted by molar-refractivity contribution is 0.603. The minimum Gasteiger partial charge on any atom is -0.327 e. The highest BCUT2D eigenvalue weighted by atomic mass is 35.5. The Balaban J connectivity index is 1.78. The van der Waals surface area contributed by atoms with Gasteiger partial charge in [-0.05, 0) is 36.8 Å². The standard InChI is InChI=1S/C21H14ClF2N3/c22-15-11-16(23)14(10-17(15)24)20-21(27-8-2-4-19(27)26-20)13-5-6-18-12(9-13)3-1-7-25-18/h1,3,5-7,9-11H,2,4,8H2. The van der Waals surface area contributed by atoms with Crippen LogP contribution in [0.4, 0.5) is 8.78 Å². The van der Waals surface area contributed by atoms with Gasteiger partial charge in [0.1, 0.15) is 17.5 Å². The monoisotopic (exact) mass is 381 g/mol. The average Bonchev–Trinajstić information content (AvgIpc) is 3.25. The molecule has 3 heterocycles. The van der Waals surface area contributed by atoms with Crippen molar-refractivity contribution >= 4 is 22.5 Å². The average molecular weight is 382 g/mol. The van der Waals surface area contributed by atoms with Gasteiger partial charge in [-0.15, -0.1) is 0 Å². The van der Waals surface area contributed by atoms with E-state index >= 15 is 0 Å². The van der Waals surface area contributed by atoms with Gasteiger partial charge in [0.15, 0.2) is 0 Å². The Morgan fingerprint density at radius 2 is 1.93 bits per heavy atom. The molecule has 1 aliphatic heterocycles. The fraction of sp³-hybridized carbons (Fsp3) is 0.143. The fourth-order valence-electron chi connectivity index (χ4n) is 3.73. The maximum absolute atomic E-state index is 14.6. The van der Waals surface area contributed by atoms with Gasteiger partial charge in [-0.1, -0.05) is 23.7 Å². The molecule has 0 saturated carbocycles. The van der Waals surface area contributed by atoms with Gasteiger partial charge in [0, 0.05) is 35.7 Å². The van der Waals surface area contributed by atoms with Crippen LogP contribution in [0.2, 0.25) is 5.02 Å². The summed E-state index contributed by atoms with van der Waals surface area (Å²) in [5.74, 6) is -0.349. The molecule has 2 aromatic heterocycles. The topological polar surface area (TPSA) is 30.7 Å². The summed E-state index contributed by atoms with van der Waals surface area (Å²) in [5.41, 5.74) is 3.16. The number of aromatic nitrogens is 3. The van der Waals surface area contributed by atoms with Crippen LogP contribution in [0.3, 0.4) is 0 Å². The van der Waals surface area contributed by atoms with Crippen LogP contribution in [-0.2, 0) is 13.0 Å². The van der Waals surface area contributed by atoms with E-state index < -0.39 is 11.6 Å². The summed E-state index contributed by atoms with van der Waals surface area (Å²) in [6, 6.07) is 11.9. The van der Waals surface area contributed by atoms with Crippen LogP contribution in [-0.4, -0.2) is 14.5 Å². The Morgan fingerprint density at radius 1 is 1.04 bits per heavy atom. The van der Waals surface area contributed by atoms with Crippen molar-refractivity contribution in [2.75, 3.05) is 0 Å². The third-order valence-electron chi connectivity index (χ3n) is 4.97. The quantitative estimate of drug-likeness (QED) is 0.420. The van der Waals surface area contributed by atoms with Crippen molar-refractivity contribution in [3.63, 3.8) is 0 Å². The van der Waals surface area contributed by atoms with E-state index in [1.54, 1.807) is 6.20 Å². The van der Waals surface area contributed by atoms with Crippen LogP contribution in [0.15, 0.2) is 48.7 Å². The third kappa shape index (κ3) is 2.61. The van der Waals surface area contributed by atoms with Crippen molar-refractivity contribution in [1.82, 2.24) is 14.5 Å². The molecule has 27 heavy (non-hydrogen) atoms. The highest BCUT2D eigenvalue weighted by molar-refractivity contribution is 6.30. The van der Waals surface area contributed by atoms with E-state index in [-0.39, 0.29) is 10.6 Å². The molecule has 4 aromatic rings. The Labute approximate surface area is 159 Å². The molecule has 0 fully saturated rings. The molecule has 5 rings (SSSR count). The summed E-state index contributed by atoms with van der Waals surface area (Å²) in [6.45, 7) is 0.806. The first-order chi connectivity index (χ1) is 13.1. The summed E-state index contributed by atoms with van der Waals surface area (Å²) in [4.78, 5) is 8.99. The molecule has 0 atom stereocenters. The number of fused-ring (bicyclic) bond motifs is 2. The number of hydrogen-bond acceptors (Lipinski definition) is 2. The lowest BCUT2D eigenvalue weighted by Crippen LogP contribution is -1.97. The first-order valence-corrected chi connectivity index (χ1v) is 9.09. The number of aryl methyl sites for hydroxylation is 1. The second-order valence-corrected chi connectivity index (χ2v) is 7.04. The number of nitrogens with zero attached hydrogens (tertiary/aromatic N) is 3. The smallest absolute Gasteiger partial charge is 0.142 e. The molecule has 6 heteroatoms. The molecule has 3 nitrogen and oxygen atoms in total. The van der Waals surface area contributed by atoms with Crippen LogP contribution in [0.5, 0.6) is 0 Å². The molecule has 0 aliphatic carbocycles. The Kier molecular flexibility index (Phi) is 3.72. The van der Waals surface area contributed by atoms with E-state index in [1.165, 1.54) is 0 Å². The van der Waals surface area contributed by atoms with Gasteiger partial charge < -0.3 is 4.57 Å². The molecule has 0 bridgehead atoms. The summed E-state index contributed by atoms with van der Waals surface area (Å²) < 4.78 is 30.8. The van der Waals surface area contributed by atoms with Crippen LogP contribution < -0.4 is 0 Å². The minimum atomic E-state index is -0.658. The zero-order valence-electron chi connectivity index (χ0n) is 14.2. The van der Waals surface area contributed by atoms with Crippen LogP contribution in [0, 0.1) is 11.6 Å². The number of hydrogen-bond donors (Lipinski definition) is 0. The summed E-state index contributed by atoms with van der Waals surface area (Å²) >= 11 is 5.72. The van der Waals surface area contributed by atoms with E-state index in [0.29, 0.717) is 5.69 Å². The second-order valence-electron chi connectivity index (χ2n) is 6.64. The second kappa shape index (κ2) is 6.13. The van der Waals surface area contributed by atoms with E-state index in [9.17, 15) is 8.78 Å². The molecule has 0 unspecified atom stereocenters. The van der Waals surface area contributed by atoms with Crippen LogP contribution in [0.25, 0.3) is 33.4 Å². The number of benzene rings is 2. The Morgan fingerprint density at radius 3 is 2.81 bits per heavy atom. The summed E-state index contributed by atoms with van der Waals surface area (Å²) in [6.07, 6.45) is 3.55. The normalized spacial score (nSPS) is 13.3. The minimum absolute atomic E-state index is 0.125. The Bertz CT molecular complexity index is 1200. The van der Waals surface area contributed by atoms with Gasteiger partial charge in [-0.25, -0.2) is 13.8 Å². The van der Waals surface area contributed by atoms with Crippen molar-refractivity contribution in [2.24, 2.45) is 0 Å². The van der Waals surface area contributed by atoms with E-state index in [0.717, 1.165) is 59.5 Å². The van der Waals surface area contributed by atoms with E-state index in [1.807, 2.05) is 30.3 Å². The predicted octanol–water partition coefficient (Wildman–Crippen LogP) is 5.64. The van der Waals surface area contributed by atoms with Gasteiger partial charge in [0.2, 0.25) is 0 Å². The zero-order valence-corrected chi connectivity index (χ0v) is 15.0. The van der Waals surface area contributed by atoms with E-state index in [2.05, 4.69) is 14.5 Å². The first-order valence-electron chi connectivity index (χ1n) is 8.71. The van der Waals surface area contributed by atoms with Crippen LogP contribution in [0.1, 0.15) is 12.2 Å². The lowest BCUT2D eigenvalue weighted by Gasteiger charge is -2.10. The Hall–Kier alpha value is -2.79. The first kappa shape index (κ1) is 16.4. The molecule has 0 saturated heterocycles. The molecule has 2 aromatic carbocycles. The van der Waals surface area contributed by atoms with Crippen molar-refractivity contribution < 1.29 is 8.78 Å². The molecular formula is C21H14ClF2N3. The number of imidazole rings is 1.